The van der Waals surface area contributed by atoms with Crippen LogP contribution in [0.25, 0.3) is 0 Å². The predicted octanol–water partition coefficient (Wildman–Crippen LogP) is -2.65. The van der Waals surface area contributed by atoms with Gasteiger partial charge in [0.05, 0.1) is 0 Å². The average Bonchev–Trinajstić information content (AvgIpc) is 2.18. The van der Waals surface area contributed by atoms with E-state index in [0.717, 1.165) is 0 Å². The lowest BCUT2D eigenvalue weighted by Crippen LogP contribution is -2.58. The maximum absolute atomic E-state index is 10.5. The molecule has 0 amide bonds. The molecule has 4 N–H and O–H groups in total. The molecule has 0 spiro atoms. The van der Waals surface area contributed by atoms with Crippen molar-refractivity contribution >= 4 is 5.97 Å². The highest BCUT2D eigenvalue weighted by Gasteiger charge is 2.43. The topological polar surface area (TPSA) is 116 Å². The first-order valence-corrected chi connectivity index (χ1v) is 4.44. The van der Waals surface area contributed by atoms with Crippen LogP contribution in [-0.2, 0) is 14.3 Å². The van der Waals surface area contributed by atoms with Gasteiger partial charge in [-0.25, -0.2) is 0 Å². The molecule has 1 fully saturated rings. The van der Waals surface area contributed by atoms with Gasteiger partial charge in [0.25, 0.3) is 0 Å². The summed E-state index contributed by atoms with van der Waals surface area (Å²) in [5, 5.41) is 36.9. The third kappa shape index (κ3) is 2.86. The van der Waals surface area contributed by atoms with Gasteiger partial charge >= 0.3 is 5.97 Å². The van der Waals surface area contributed by atoms with E-state index in [0.29, 0.717) is 0 Å². The molecule has 7 nitrogen and oxygen atoms in total. The summed E-state index contributed by atoms with van der Waals surface area (Å²) in [4.78, 5) is 10.5. The maximum Gasteiger partial charge on any atom is 0.302 e. The number of carbonyl (C=O) groups excluding carboxylic acids is 1. The Balaban J connectivity index is 2.54. The highest BCUT2D eigenvalue weighted by Crippen LogP contribution is 2.19. The highest BCUT2D eigenvalue weighted by molar-refractivity contribution is 5.65. The Morgan fingerprint density at radius 2 is 1.80 bits per heavy atom. The first-order chi connectivity index (χ1) is 6.93. The van der Waals surface area contributed by atoms with Crippen LogP contribution in [0.3, 0.4) is 0 Å². The molecule has 88 valence electrons. The molecule has 1 rings (SSSR count). The van der Waals surface area contributed by atoms with E-state index >= 15 is 0 Å². The summed E-state index contributed by atoms with van der Waals surface area (Å²) in [6.45, 7) is 0.883. The van der Waals surface area contributed by atoms with E-state index in [1.165, 1.54) is 6.92 Å². The van der Waals surface area contributed by atoms with Gasteiger partial charge in [0, 0.05) is 6.92 Å². The summed E-state index contributed by atoms with van der Waals surface area (Å²) >= 11 is 0. The van der Waals surface area contributed by atoms with Gasteiger partial charge in [0.15, 0.2) is 6.29 Å². The molecule has 0 aromatic carbocycles. The van der Waals surface area contributed by atoms with Crippen LogP contribution in [0.4, 0.5) is 0 Å². The van der Waals surface area contributed by atoms with Crippen LogP contribution < -0.4 is 0 Å². The molecule has 1 heterocycles. The number of hydrogen-bond donors (Lipinski definition) is 4. The number of hydrogen-bond acceptors (Lipinski definition) is 7. The van der Waals surface area contributed by atoms with Crippen molar-refractivity contribution in [3.63, 3.8) is 0 Å². The lowest BCUT2D eigenvalue weighted by Gasteiger charge is -2.37. The molecule has 0 aromatic heterocycles. The zero-order valence-electron chi connectivity index (χ0n) is 8.11. The normalized spacial score (nSPS) is 41.3. The minimum atomic E-state index is -1.61. The van der Waals surface area contributed by atoms with Crippen molar-refractivity contribution in [3.8, 4) is 0 Å². The second-order valence-electron chi connectivity index (χ2n) is 3.34. The predicted molar refractivity (Wildman–Crippen MR) is 45.5 cm³/mol. The zero-order chi connectivity index (χ0) is 11.6. The van der Waals surface area contributed by atoms with Crippen molar-refractivity contribution in [3.05, 3.63) is 0 Å². The van der Waals surface area contributed by atoms with Crippen LogP contribution in [0.2, 0.25) is 0 Å². The van der Waals surface area contributed by atoms with Crippen LogP contribution in [0.5, 0.6) is 0 Å². The van der Waals surface area contributed by atoms with Crippen molar-refractivity contribution in [1.29, 1.82) is 0 Å². The van der Waals surface area contributed by atoms with E-state index in [-0.39, 0.29) is 6.61 Å². The van der Waals surface area contributed by atoms with Gasteiger partial charge in [-0.3, -0.25) is 4.79 Å². The van der Waals surface area contributed by atoms with Crippen molar-refractivity contribution < 1.29 is 34.7 Å². The third-order valence-corrected chi connectivity index (χ3v) is 2.14. The first-order valence-electron chi connectivity index (χ1n) is 4.44. The standard InChI is InChI=1S/C8H14O7/c1-3(9)14-2-4-5(10)6(11)7(12)8(13)15-4/h4-8,10-13H,2H2,1H3/t4-,5-,6+,7+,8?/m1/s1. The van der Waals surface area contributed by atoms with Gasteiger partial charge in [-0.05, 0) is 0 Å². The molecule has 15 heavy (non-hydrogen) atoms. The molecule has 1 saturated heterocycles. The van der Waals surface area contributed by atoms with E-state index in [4.69, 9.17) is 14.9 Å². The smallest absolute Gasteiger partial charge is 0.302 e. The minimum absolute atomic E-state index is 0.294. The quantitative estimate of drug-likeness (QED) is 0.377. The number of carbonyl (C=O) groups is 1. The summed E-state index contributed by atoms with van der Waals surface area (Å²) in [5.41, 5.74) is 0. The Morgan fingerprint density at radius 3 is 2.33 bits per heavy atom. The Hall–Kier alpha value is -0.730. The summed E-state index contributed by atoms with van der Waals surface area (Å²) in [7, 11) is 0. The number of aliphatic hydroxyl groups excluding tert-OH is 4. The zero-order valence-corrected chi connectivity index (χ0v) is 8.11. The molecule has 1 aliphatic rings. The van der Waals surface area contributed by atoms with Gasteiger partial charge in [-0.1, -0.05) is 0 Å². The van der Waals surface area contributed by atoms with Crippen molar-refractivity contribution in [2.75, 3.05) is 6.61 Å². The summed E-state index contributed by atoms with van der Waals surface area (Å²) in [5.74, 6) is -0.569. The van der Waals surface area contributed by atoms with Gasteiger partial charge in [0.1, 0.15) is 31.0 Å². The summed E-state index contributed by atoms with van der Waals surface area (Å²) in [6.07, 6.45) is -7.18. The second kappa shape index (κ2) is 4.86. The average molecular weight is 222 g/mol. The molecule has 0 saturated carbocycles. The number of aliphatic hydroxyl groups is 4. The second-order valence-corrected chi connectivity index (χ2v) is 3.34. The largest absolute Gasteiger partial charge is 0.463 e. The first kappa shape index (κ1) is 12.3. The molecular weight excluding hydrogens is 208 g/mol. The molecular formula is C8H14O7. The molecule has 5 atom stereocenters. The third-order valence-electron chi connectivity index (χ3n) is 2.14. The van der Waals surface area contributed by atoms with Crippen LogP contribution in [0, 0.1) is 0 Å². The molecule has 0 aliphatic carbocycles. The van der Waals surface area contributed by atoms with E-state index in [1.807, 2.05) is 0 Å². The van der Waals surface area contributed by atoms with Crippen LogP contribution in [0.1, 0.15) is 6.92 Å². The molecule has 0 radical (unpaired) electrons. The molecule has 0 aromatic rings. The molecule has 1 unspecified atom stereocenters. The van der Waals surface area contributed by atoms with Gasteiger partial charge < -0.3 is 29.9 Å². The Bertz CT molecular complexity index is 231. The van der Waals surface area contributed by atoms with Crippen molar-refractivity contribution in [1.82, 2.24) is 0 Å². The van der Waals surface area contributed by atoms with Gasteiger partial charge in [0.2, 0.25) is 0 Å². The van der Waals surface area contributed by atoms with Crippen LogP contribution in [-0.4, -0.2) is 63.7 Å². The molecule has 7 heteroatoms. The fraction of sp³-hybridized carbons (Fsp3) is 0.875. The highest BCUT2D eigenvalue weighted by atomic mass is 16.6. The number of rotatable bonds is 2. The number of esters is 1. The molecule has 0 bridgehead atoms. The summed E-state index contributed by atoms with van der Waals surface area (Å²) < 4.78 is 9.31. The SMILES string of the molecule is CC(=O)OC[C@H]1OC(O)[C@@H](O)[C@@H](O)[C@@H]1O. The van der Waals surface area contributed by atoms with E-state index in [1.54, 1.807) is 0 Å². The summed E-state index contributed by atoms with van der Waals surface area (Å²) in [6, 6.07) is 0. The van der Waals surface area contributed by atoms with Crippen LogP contribution >= 0.6 is 0 Å². The van der Waals surface area contributed by atoms with Crippen molar-refractivity contribution in [2.45, 2.75) is 37.6 Å². The Kier molecular flexibility index (Phi) is 4.00. The van der Waals surface area contributed by atoms with E-state index in [2.05, 4.69) is 4.74 Å². The lowest BCUT2D eigenvalue weighted by molar-refractivity contribution is -0.287. The Morgan fingerprint density at radius 1 is 1.20 bits per heavy atom. The van der Waals surface area contributed by atoms with Gasteiger partial charge in [-0.15, -0.1) is 0 Å². The van der Waals surface area contributed by atoms with E-state index < -0.39 is 36.7 Å². The lowest BCUT2D eigenvalue weighted by atomic mass is 9.99. The maximum atomic E-state index is 10.5. The van der Waals surface area contributed by atoms with Crippen LogP contribution in [0.15, 0.2) is 0 Å². The van der Waals surface area contributed by atoms with E-state index in [9.17, 15) is 15.0 Å². The van der Waals surface area contributed by atoms with Gasteiger partial charge in [-0.2, -0.15) is 0 Å². The fourth-order valence-electron chi connectivity index (χ4n) is 1.27. The minimum Gasteiger partial charge on any atom is -0.463 e. The Labute approximate surface area is 85.9 Å². The fourth-order valence-corrected chi connectivity index (χ4v) is 1.27. The number of ether oxygens (including phenoxy) is 2. The molecule has 1 aliphatic heterocycles. The van der Waals surface area contributed by atoms with Crippen molar-refractivity contribution in [2.24, 2.45) is 0 Å². The monoisotopic (exact) mass is 222 g/mol.